The molecule has 14 heteroatoms. The van der Waals surface area contributed by atoms with Crippen LogP contribution in [-0.2, 0) is 51.8 Å². The van der Waals surface area contributed by atoms with Crippen molar-refractivity contribution < 1.29 is 48.2 Å². The SMILES string of the molecule is CCOc1c(Cn2nc(COC(C)(C)C(=O)O)cc2-c2cccc(OC)c2)cccc1CC(C)(OCc1cc(-c2cccc(OC)c2)n(Cc2ccccc2OC2CC2)n1)C(=O)O. The van der Waals surface area contributed by atoms with E-state index in [1.807, 2.05) is 115 Å². The lowest BCUT2D eigenvalue weighted by molar-refractivity contribution is -0.165. The van der Waals surface area contributed by atoms with Gasteiger partial charge in [0.05, 0.1) is 76.0 Å². The van der Waals surface area contributed by atoms with E-state index >= 15 is 0 Å². The minimum atomic E-state index is -1.69. The van der Waals surface area contributed by atoms with Crippen LogP contribution in [0.4, 0.5) is 0 Å². The first-order valence-electron chi connectivity index (χ1n) is 20.9. The smallest absolute Gasteiger partial charge is 0.336 e. The quantitative estimate of drug-likeness (QED) is 0.0670. The van der Waals surface area contributed by atoms with E-state index in [9.17, 15) is 19.8 Å². The summed E-state index contributed by atoms with van der Waals surface area (Å²) in [5, 5.41) is 30.2. The number of benzene rings is 4. The summed E-state index contributed by atoms with van der Waals surface area (Å²) < 4.78 is 39.4. The second-order valence-corrected chi connectivity index (χ2v) is 16.2. The van der Waals surface area contributed by atoms with Crippen molar-refractivity contribution in [1.29, 1.82) is 0 Å². The van der Waals surface area contributed by atoms with Crippen LogP contribution in [0.3, 0.4) is 0 Å². The highest BCUT2D eigenvalue weighted by Gasteiger charge is 2.37. The van der Waals surface area contributed by atoms with Gasteiger partial charge in [0.25, 0.3) is 0 Å². The van der Waals surface area contributed by atoms with Gasteiger partial charge in [0.1, 0.15) is 23.0 Å². The third-order valence-corrected chi connectivity index (χ3v) is 10.9. The van der Waals surface area contributed by atoms with Gasteiger partial charge in [-0.2, -0.15) is 10.2 Å². The Morgan fingerprint density at radius 2 is 1.22 bits per heavy atom. The Hall–Kier alpha value is -6.64. The second-order valence-electron chi connectivity index (χ2n) is 16.2. The van der Waals surface area contributed by atoms with Gasteiger partial charge in [-0.15, -0.1) is 0 Å². The van der Waals surface area contributed by atoms with Gasteiger partial charge in [0.2, 0.25) is 0 Å². The first kappa shape index (κ1) is 44.4. The number of nitrogens with zero attached hydrogens (tertiary/aromatic N) is 4. The van der Waals surface area contributed by atoms with Gasteiger partial charge in [-0.3, -0.25) is 9.36 Å². The van der Waals surface area contributed by atoms with Crippen LogP contribution < -0.4 is 18.9 Å². The molecule has 1 aliphatic rings. The summed E-state index contributed by atoms with van der Waals surface area (Å²) in [6.45, 7) is 7.25. The summed E-state index contributed by atoms with van der Waals surface area (Å²) in [5.74, 6) is 0.449. The normalized spacial score (nSPS) is 13.6. The average molecular weight is 859 g/mol. The highest BCUT2D eigenvalue weighted by Crippen LogP contribution is 2.35. The molecule has 6 aromatic rings. The molecule has 0 aliphatic heterocycles. The van der Waals surface area contributed by atoms with Crippen LogP contribution in [0.25, 0.3) is 22.5 Å². The van der Waals surface area contributed by atoms with E-state index in [1.54, 1.807) is 25.8 Å². The van der Waals surface area contributed by atoms with Crippen LogP contribution in [0.15, 0.2) is 103 Å². The van der Waals surface area contributed by atoms with E-state index in [-0.39, 0.29) is 32.3 Å². The van der Waals surface area contributed by atoms with Gasteiger partial charge in [-0.05, 0) is 88.6 Å². The first-order valence-corrected chi connectivity index (χ1v) is 20.9. The maximum Gasteiger partial charge on any atom is 0.336 e. The van der Waals surface area contributed by atoms with Crippen molar-refractivity contribution in [2.24, 2.45) is 0 Å². The summed E-state index contributed by atoms with van der Waals surface area (Å²) in [5.41, 5.74) is 3.56. The third-order valence-electron chi connectivity index (χ3n) is 10.9. The number of carboxylic acid groups (broad SMARTS) is 2. The molecule has 1 unspecified atom stereocenters. The molecule has 0 spiro atoms. The number of hydrogen-bond acceptors (Lipinski definition) is 10. The molecule has 4 aromatic carbocycles. The fourth-order valence-electron chi connectivity index (χ4n) is 7.12. The number of aromatic nitrogens is 4. The summed E-state index contributed by atoms with van der Waals surface area (Å²) in [6.07, 6.45) is 2.27. The zero-order chi connectivity index (χ0) is 44.7. The molecule has 0 amide bonds. The number of para-hydroxylation sites is 2. The highest BCUT2D eigenvalue weighted by molar-refractivity contribution is 5.78. The number of carboxylic acids is 2. The van der Waals surface area contributed by atoms with Gasteiger partial charge in [0, 0.05) is 28.7 Å². The standard InChI is InChI=1S/C49H54N4O10/c1-7-60-45-34(16-10-17-36(45)29-53-43(33-15-12-19-41(24-33)59-6)25-37(50-53)30-61-48(2,3)46(54)55)27-49(4,47(56)57)62-31-38-26-42(32-14-11-18-40(23-32)58-5)52(51-38)28-35-13-8-9-20-44(35)63-39-21-22-39/h8-20,23-26,39H,7,21-22,27-31H2,1-6H3,(H,54,55)(H,56,57). The van der Waals surface area contributed by atoms with Crippen LogP contribution in [0.2, 0.25) is 0 Å². The molecule has 1 aliphatic carbocycles. The number of hydrogen-bond donors (Lipinski definition) is 2. The number of methoxy groups -OCH3 is 2. The molecule has 0 bridgehead atoms. The third kappa shape index (κ3) is 10.7. The Balaban J connectivity index is 1.17. The average Bonchev–Trinajstić information content (AvgIpc) is 3.86. The van der Waals surface area contributed by atoms with Crippen LogP contribution in [0.5, 0.6) is 23.0 Å². The summed E-state index contributed by atoms with van der Waals surface area (Å²) in [4.78, 5) is 25.0. The molecular weight excluding hydrogens is 805 g/mol. The zero-order valence-corrected chi connectivity index (χ0v) is 36.5. The van der Waals surface area contributed by atoms with Gasteiger partial charge < -0.3 is 38.6 Å². The lowest BCUT2D eigenvalue weighted by atomic mass is 9.94. The number of rotatable bonds is 22. The van der Waals surface area contributed by atoms with Crippen molar-refractivity contribution >= 4 is 11.9 Å². The van der Waals surface area contributed by atoms with E-state index in [1.165, 1.54) is 13.8 Å². The topological polar surface area (TPSA) is 166 Å². The van der Waals surface area contributed by atoms with Crippen molar-refractivity contribution in [3.8, 4) is 45.5 Å². The van der Waals surface area contributed by atoms with Crippen LogP contribution in [0, 0.1) is 0 Å². The van der Waals surface area contributed by atoms with Crippen molar-refractivity contribution in [3.63, 3.8) is 0 Å². The molecule has 2 N–H and O–H groups in total. The molecule has 63 heavy (non-hydrogen) atoms. The number of ether oxygens (including phenoxy) is 6. The Kier molecular flexibility index (Phi) is 13.5. The molecule has 0 saturated heterocycles. The minimum Gasteiger partial charge on any atom is -0.497 e. The fourth-order valence-corrected chi connectivity index (χ4v) is 7.12. The minimum absolute atomic E-state index is 0.0218. The molecule has 1 atom stereocenters. The van der Waals surface area contributed by atoms with Crippen molar-refractivity contribution in [2.75, 3.05) is 20.8 Å². The molecule has 2 heterocycles. The summed E-state index contributed by atoms with van der Waals surface area (Å²) in [7, 11) is 3.22. The van der Waals surface area contributed by atoms with Gasteiger partial charge in [-0.1, -0.05) is 60.7 Å². The maximum atomic E-state index is 13.2. The van der Waals surface area contributed by atoms with Crippen LogP contribution in [-0.4, -0.2) is 79.8 Å². The Labute approximate surface area is 366 Å². The summed E-state index contributed by atoms with van der Waals surface area (Å²) in [6, 6.07) is 32.6. The van der Waals surface area contributed by atoms with Crippen LogP contribution >= 0.6 is 0 Å². The highest BCUT2D eigenvalue weighted by atomic mass is 16.5. The van der Waals surface area contributed by atoms with Crippen molar-refractivity contribution in [2.45, 2.75) is 90.6 Å². The largest absolute Gasteiger partial charge is 0.497 e. The molecule has 330 valence electrons. The Morgan fingerprint density at radius 1 is 0.683 bits per heavy atom. The number of aliphatic carboxylic acids is 2. The lowest BCUT2D eigenvalue weighted by Gasteiger charge is -2.27. The monoisotopic (exact) mass is 858 g/mol. The maximum absolute atomic E-state index is 13.2. The Morgan fingerprint density at radius 3 is 1.78 bits per heavy atom. The Bertz CT molecular complexity index is 2560. The van der Waals surface area contributed by atoms with Gasteiger partial charge in [-0.25, -0.2) is 9.59 Å². The molecule has 1 fully saturated rings. The van der Waals surface area contributed by atoms with Crippen molar-refractivity contribution in [3.05, 3.63) is 131 Å². The lowest BCUT2D eigenvalue weighted by Crippen LogP contribution is -2.40. The first-order chi connectivity index (χ1) is 30.3. The van der Waals surface area contributed by atoms with E-state index in [0.29, 0.717) is 47.4 Å². The molecule has 2 aromatic heterocycles. The van der Waals surface area contributed by atoms with E-state index in [4.69, 9.17) is 38.6 Å². The van der Waals surface area contributed by atoms with E-state index < -0.39 is 23.1 Å². The van der Waals surface area contributed by atoms with Crippen LogP contribution in [0.1, 0.15) is 68.6 Å². The van der Waals surface area contributed by atoms with Gasteiger partial charge in [0.15, 0.2) is 11.2 Å². The molecule has 14 nitrogen and oxygen atoms in total. The zero-order valence-electron chi connectivity index (χ0n) is 36.5. The molecule has 7 rings (SSSR count). The molecule has 0 radical (unpaired) electrons. The molecule has 1 saturated carbocycles. The number of carbonyl (C=O) groups is 2. The predicted octanol–water partition coefficient (Wildman–Crippen LogP) is 8.45. The van der Waals surface area contributed by atoms with Crippen molar-refractivity contribution in [1.82, 2.24) is 19.6 Å². The predicted molar refractivity (Wildman–Crippen MR) is 235 cm³/mol. The fraction of sp³-hybridized carbons (Fsp3) is 0.347. The van der Waals surface area contributed by atoms with E-state index in [2.05, 4.69) is 0 Å². The summed E-state index contributed by atoms with van der Waals surface area (Å²) >= 11 is 0. The van der Waals surface area contributed by atoms with E-state index in [0.717, 1.165) is 52.2 Å². The van der Waals surface area contributed by atoms with Gasteiger partial charge >= 0.3 is 11.9 Å². The molecular formula is C49H54N4O10. The second kappa shape index (κ2) is 19.2.